The molecule has 6 heteroatoms. The number of rotatable bonds is 5. The third-order valence-electron chi connectivity index (χ3n) is 2.18. The number of ether oxygens (including phenoxy) is 1. The predicted octanol–water partition coefficient (Wildman–Crippen LogP) is 1.51. The molecule has 0 saturated carbocycles. The highest BCUT2D eigenvalue weighted by Crippen LogP contribution is 2.20. The first-order valence-corrected chi connectivity index (χ1v) is 6.84. The molecule has 4 nitrogen and oxygen atoms in total. The molecule has 1 aromatic rings. The molecule has 0 aromatic heterocycles. The summed E-state index contributed by atoms with van der Waals surface area (Å²) in [5.74, 6) is -0.725. The quantitative estimate of drug-likeness (QED) is 0.802. The van der Waals surface area contributed by atoms with Crippen LogP contribution < -0.4 is 4.74 Å². The number of nitrogens with zero attached hydrogens (tertiary/aromatic N) is 1. The summed E-state index contributed by atoms with van der Waals surface area (Å²) in [4.78, 5) is 0. The van der Waals surface area contributed by atoms with E-state index in [2.05, 4.69) is 0 Å². The average Bonchev–Trinajstić information content (AvgIpc) is 2.29. The summed E-state index contributed by atoms with van der Waals surface area (Å²) in [5, 5.41) is 8.72. The Morgan fingerprint density at radius 2 is 2.18 bits per heavy atom. The first kappa shape index (κ1) is 13.5. The van der Waals surface area contributed by atoms with Crippen LogP contribution in [0.4, 0.5) is 4.39 Å². The second kappa shape index (κ2) is 5.64. The zero-order valence-electron chi connectivity index (χ0n) is 9.31. The average molecular weight is 257 g/mol. The molecule has 1 aromatic carbocycles. The van der Waals surface area contributed by atoms with E-state index in [1.54, 1.807) is 6.07 Å². The Balaban J connectivity index is 2.72. The van der Waals surface area contributed by atoms with E-state index in [1.807, 2.05) is 0 Å². The maximum Gasteiger partial charge on any atom is 0.153 e. The van der Waals surface area contributed by atoms with Crippen LogP contribution in [0.5, 0.6) is 5.75 Å². The van der Waals surface area contributed by atoms with E-state index in [1.165, 1.54) is 19.1 Å². The van der Waals surface area contributed by atoms with Crippen molar-refractivity contribution in [1.29, 1.82) is 5.26 Å². The zero-order chi connectivity index (χ0) is 12.9. The predicted molar refractivity (Wildman–Crippen MR) is 60.9 cm³/mol. The van der Waals surface area contributed by atoms with Crippen molar-refractivity contribution < 1.29 is 17.5 Å². The van der Waals surface area contributed by atoms with Crippen molar-refractivity contribution in [3.63, 3.8) is 0 Å². The molecule has 0 bridgehead atoms. The van der Waals surface area contributed by atoms with E-state index in [9.17, 15) is 12.8 Å². The van der Waals surface area contributed by atoms with E-state index < -0.39 is 15.7 Å². The fourth-order valence-corrected chi connectivity index (χ4v) is 1.78. The Labute approximate surface area is 99.6 Å². The molecule has 1 rings (SSSR count). The molecule has 0 amide bonds. The smallest absolute Gasteiger partial charge is 0.153 e. The first-order valence-electron chi connectivity index (χ1n) is 5.02. The molecule has 17 heavy (non-hydrogen) atoms. The van der Waals surface area contributed by atoms with Gasteiger partial charge in [0, 0.05) is 5.75 Å². The van der Waals surface area contributed by atoms with Gasteiger partial charge in [0.25, 0.3) is 0 Å². The molecule has 0 aliphatic heterocycles. The van der Waals surface area contributed by atoms with Crippen LogP contribution in [0.15, 0.2) is 18.2 Å². The molecule has 0 saturated heterocycles. The van der Waals surface area contributed by atoms with Crippen LogP contribution >= 0.6 is 0 Å². The zero-order valence-corrected chi connectivity index (χ0v) is 10.1. The largest absolute Gasteiger partial charge is 0.491 e. The fraction of sp³-hybridized carbons (Fsp3) is 0.364. The van der Waals surface area contributed by atoms with Crippen molar-refractivity contribution in [2.45, 2.75) is 6.92 Å². The topological polar surface area (TPSA) is 67.2 Å². The van der Waals surface area contributed by atoms with Gasteiger partial charge in [-0.2, -0.15) is 5.26 Å². The van der Waals surface area contributed by atoms with Gasteiger partial charge >= 0.3 is 0 Å². The molecule has 92 valence electrons. The summed E-state index contributed by atoms with van der Waals surface area (Å²) >= 11 is 0. The first-order chi connectivity index (χ1) is 8.00. The van der Waals surface area contributed by atoms with Crippen LogP contribution in [0.3, 0.4) is 0 Å². The number of hydrogen-bond donors (Lipinski definition) is 0. The van der Waals surface area contributed by atoms with Gasteiger partial charge < -0.3 is 4.74 Å². The summed E-state index contributed by atoms with van der Waals surface area (Å²) < 4.78 is 40.6. The monoisotopic (exact) mass is 257 g/mol. The van der Waals surface area contributed by atoms with Crippen LogP contribution in [0, 0.1) is 17.1 Å². The van der Waals surface area contributed by atoms with E-state index >= 15 is 0 Å². The molecule has 0 aliphatic rings. The summed E-state index contributed by atoms with van der Waals surface area (Å²) in [6.45, 7) is 1.45. The van der Waals surface area contributed by atoms with Crippen molar-refractivity contribution in [1.82, 2.24) is 0 Å². The third kappa shape index (κ3) is 3.71. The Bertz CT molecular complexity index is 534. The van der Waals surface area contributed by atoms with Crippen LogP contribution in [0.25, 0.3) is 0 Å². The lowest BCUT2D eigenvalue weighted by Gasteiger charge is -2.07. The lowest BCUT2D eigenvalue weighted by atomic mass is 10.2. The molecule has 0 unspecified atom stereocenters. The van der Waals surface area contributed by atoms with Gasteiger partial charge in [0.05, 0.1) is 5.75 Å². The van der Waals surface area contributed by atoms with Crippen LogP contribution in [0.2, 0.25) is 0 Å². The highest BCUT2D eigenvalue weighted by atomic mass is 32.2. The summed E-state index contributed by atoms with van der Waals surface area (Å²) in [6.07, 6.45) is 0. The molecular formula is C11H12FNO3S. The van der Waals surface area contributed by atoms with Crippen LogP contribution in [-0.2, 0) is 9.84 Å². The molecule has 0 aliphatic carbocycles. The Hall–Kier alpha value is -1.61. The van der Waals surface area contributed by atoms with Crippen molar-refractivity contribution >= 4 is 9.84 Å². The molecule has 0 N–H and O–H groups in total. The highest BCUT2D eigenvalue weighted by Gasteiger charge is 2.11. The van der Waals surface area contributed by atoms with Gasteiger partial charge in [-0.3, -0.25) is 0 Å². The molecule has 0 fully saturated rings. The SMILES string of the molecule is CCS(=O)(=O)CCOc1cccc(F)c1C#N. The summed E-state index contributed by atoms with van der Waals surface area (Å²) in [6, 6.07) is 5.66. The molecular weight excluding hydrogens is 245 g/mol. The molecule has 0 atom stereocenters. The van der Waals surface area contributed by atoms with Crippen molar-refractivity contribution in [3.8, 4) is 11.8 Å². The van der Waals surface area contributed by atoms with Crippen LogP contribution in [-0.4, -0.2) is 26.5 Å². The standard InChI is InChI=1S/C11H12FNO3S/c1-2-17(14,15)7-6-16-11-5-3-4-10(12)9(11)8-13/h3-5H,2,6-7H2,1H3. The minimum absolute atomic E-state index is 0.0324. The Morgan fingerprint density at radius 1 is 1.47 bits per heavy atom. The number of nitriles is 1. The van der Waals surface area contributed by atoms with Crippen molar-refractivity contribution in [3.05, 3.63) is 29.6 Å². The summed E-state index contributed by atoms with van der Waals surface area (Å²) in [5.41, 5.74) is -0.207. The van der Waals surface area contributed by atoms with E-state index in [0.717, 1.165) is 6.07 Å². The van der Waals surface area contributed by atoms with Gasteiger partial charge in [0.15, 0.2) is 9.84 Å². The third-order valence-corrected chi connectivity index (χ3v) is 3.85. The van der Waals surface area contributed by atoms with E-state index in [-0.39, 0.29) is 29.4 Å². The minimum atomic E-state index is -3.12. The normalized spacial score (nSPS) is 10.9. The maximum atomic E-state index is 13.2. The highest BCUT2D eigenvalue weighted by molar-refractivity contribution is 7.91. The van der Waals surface area contributed by atoms with E-state index in [4.69, 9.17) is 10.00 Å². The van der Waals surface area contributed by atoms with Gasteiger partial charge in [-0.1, -0.05) is 13.0 Å². The molecule has 0 heterocycles. The van der Waals surface area contributed by atoms with Crippen molar-refractivity contribution in [2.24, 2.45) is 0 Å². The number of sulfone groups is 1. The second-order valence-corrected chi connectivity index (χ2v) is 5.78. The van der Waals surface area contributed by atoms with E-state index in [0.29, 0.717) is 0 Å². The number of hydrogen-bond acceptors (Lipinski definition) is 4. The molecule has 0 radical (unpaired) electrons. The van der Waals surface area contributed by atoms with Gasteiger partial charge in [0.1, 0.15) is 29.8 Å². The lowest BCUT2D eigenvalue weighted by Crippen LogP contribution is -2.16. The lowest BCUT2D eigenvalue weighted by molar-refractivity contribution is 0.337. The van der Waals surface area contributed by atoms with Crippen LogP contribution in [0.1, 0.15) is 12.5 Å². The number of benzene rings is 1. The Morgan fingerprint density at radius 3 is 2.76 bits per heavy atom. The van der Waals surface area contributed by atoms with Gasteiger partial charge in [-0.15, -0.1) is 0 Å². The van der Waals surface area contributed by atoms with Gasteiger partial charge in [0.2, 0.25) is 0 Å². The maximum absolute atomic E-state index is 13.2. The Kier molecular flexibility index (Phi) is 4.46. The van der Waals surface area contributed by atoms with Gasteiger partial charge in [-0.05, 0) is 12.1 Å². The molecule has 0 spiro atoms. The number of halogens is 1. The van der Waals surface area contributed by atoms with Crippen molar-refractivity contribution in [2.75, 3.05) is 18.1 Å². The minimum Gasteiger partial charge on any atom is -0.491 e. The van der Waals surface area contributed by atoms with Gasteiger partial charge in [-0.25, -0.2) is 12.8 Å². The summed E-state index contributed by atoms with van der Waals surface area (Å²) in [7, 11) is -3.12. The fourth-order valence-electron chi connectivity index (χ4n) is 1.16. The second-order valence-electron chi connectivity index (χ2n) is 3.31.